The molecule has 1 aliphatic carbocycles. The molecule has 5 rings (SSSR count). The number of imide groups is 1. The van der Waals surface area contributed by atoms with Gasteiger partial charge in [-0.2, -0.15) is 0 Å². The van der Waals surface area contributed by atoms with E-state index in [1.54, 1.807) is 0 Å². The van der Waals surface area contributed by atoms with E-state index in [9.17, 15) is 14.4 Å². The number of hydrogen-bond donors (Lipinski definition) is 3. The van der Waals surface area contributed by atoms with Gasteiger partial charge in [-0.1, -0.05) is 36.4 Å². The lowest BCUT2D eigenvalue weighted by atomic mass is 9.76. The SMILES string of the molecule is O=C1NC(=O)C2(CCC(C(=O)NCc3ccc(Cn4cnc5ccccc54)cc3)CC2)N1. The van der Waals surface area contributed by atoms with E-state index in [1.807, 2.05) is 36.7 Å². The maximum absolute atomic E-state index is 12.6. The molecule has 2 heterocycles. The highest BCUT2D eigenvalue weighted by atomic mass is 16.2. The van der Waals surface area contributed by atoms with Crippen molar-refractivity contribution in [2.24, 2.45) is 5.92 Å². The Balaban J connectivity index is 1.13. The number of rotatable bonds is 5. The zero-order valence-corrected chi connectivity index (χ0v) is 17.6. The number of para-hydroxylation sites is 2. The zero-order valence-electron chi connectivity index (χ0n) is 17.6. The van der Waals surface area contributed by atoms with Crippen LogP contribution in [0.2, 0.25) is 0 Å². The number of carbonyl (C=O) groups is 3. The third kappa shape index (κ3) is 3.84. The van der Waals surface area contributed by atoms with E-state index >= 15 is 0 Å². The summed E-state index contributed by atoms with van der Waals surface area (Å²) in [4.78, 5) is 40.5. The minimum absolute atomic E-state index is 0.00135. The molecule has 0 radical (unpaired) electrons. The van der Waals surface area contributed by atoms with E-state index in [0.717, 1.165) is 28.7 Å². The molecule has 8 nitrogen and oxygen atoms in total. The second kappa shape index (κ2) is 8.11. The smallest absolute Gasteiger partial charge is 0.322 e. The van der Waals surface area contributed by atoms with Crippen LogP contribution in [0.15, 0.2) is 54.9 Å². The summed E-state index contributed by atoms with van der Waals surface area (Å²) in [6.45, 7) is 1.20. The molecule has 1 saturated carbocycles. The Morgan fingerprint density at radius 2 is 1.78 bits per heavy atom. The van der Waals surface area contributed by atoms with Gasteiger partial charge in [-0.3, -0.25) is 14.9 Å². The second-order valence-corrected chi connectivity index (χ2v) is 8.66. The summed E-state index contributed by atoms with van der Waals surface area (Å²) in [5.74, 6) is -0.414. The third-order valence-electron chi connectivity index (χ3n) is 6.59. The van der Waals surface area contributed by atoms with Crippen LogP contribution in [0.3, 0.4) is 0 Å². The highest BCUT2D eigenvalue weighted by Gasteiger charge is 2.48. The first-order chi connectivity index (χ1) is 15.5. The molecule has 0 bridgehead atoms. The lowest BCUT2D eigenvalue weighted by Crippen LogP contribution is -2.50. The third-order valence-corrected chi connectivity index (χ3v) is 6.59. The van der Waals surface area contributed by atoms with Crippen molar-refractivity contribution in [2.75, 3.05) is 0 Å². The van der Waals surface area contributed by atoms with Crippen molar-refractivity contribution in [1.29, 1.82) is 0 Å². The molecule has 1 aromatic heterocycles. The number of hydrogen-bond acceptors (Lipinski definition) is 4. The fraction of sp³-hybridized carbons (Fsp3) is 0.333. The van der Waals surface area contributed by atoms with Gasteiger partial charge in [-0.25, -0.2) is 9.78 Å². The van der Waals surface area contributed by atoms with Crippen molar-refractivity contribution in [3.05, 3.63) is 66.0 Å². The van der Waals surface area contributed by atoms with Gasteiger partial charge in [0.15, 0.2) is 0 Å². The molecule has 32 heavy (non-hydrogen) atoms. The Morgan fingerprint density at radius 1 is 1.06 bits per heavy atom. The highest BCUT2D eigenvalue weighted by Crippen LogP contribution is 2.34. The number of nitrogens with one attached hydrogen (secondary N) is 3. The number of benzene rings is 2. The van der Waals surface area contributed by atoms with Crippen LogP contribution in [0.1, 0.15) is 36.8 Å². The Hall–Kier alpha value is -3.68. The molecule has 8 heteroatoms. The van der Waals surface area contributed by atoms with Crippen LogP contribution in [0, 0.1) is 5.92 Å². The summed E-state index contributed by atoms with van der Waals surface area (Å²) in [6.07, 6.45) is 3.99. The predicted octanol–water partition coefficient (Wildman–Crippen LogP) is 2.47. The van der Waals surface area contributed by atoms with Gasteiger partial charge in [-0.05, 0) is 48.9 Å². The van der Waals surface area contributed by atoms with Gasteiger partial charge in [0.25, 0.3) is 5.91 Å². The van der Waals surface area contributed by atoms with Gasteiger partial charge in [0.2, 0.25) is 5.91 Å². The van der Waals surface area contributed by atoms with E-state index in [1.165, 1.54) is 0 Å². The predicted molar refractivity (Wildman–Crippen MR) is 118 cm³/mol. The molecular formula is C24H25N5O3. The first-order valence-corrected chi connectivity index (χ1v) is 10.9. The molecule has 2 aromatic carbocycles. The highest BCUT2D eigenvalue weighted by molar-refractivity contribution is 6.07. The van der Waals surface area contributed by atoms with E-state index in [0.29, 0.717) is 32.2 Å². The van der Waals surface area contributed by atoms with E-state index in [-0.39, 0.29) is 17.7 Å². The van der Waals surface area contributed by atoms with Crippen molar-refractivity contribution in [3.63, 3.8) is 0 Å². The van der Waals surface area contributed by atoms with Gasteiger partial charge >= 0.3 is 6.03 Å². The molecule has 1 spiro atoms. The lowest BCUT2D eigenvalue weighted by Gasteiger charge is -2.33. The second-order valence-electron chi connectivity index (χ2n) is 8.66. The largest absolute Gasteiger partial charge is 0.352 e. The van der Waals surface area contributed by atoms with Crippen LogP contribution in [0.4, 0.5) is 4.79 Å². The summed E-state index contributed by atoms with van der Waals surface area (Å²) in [6, 6.07) is 15.8. The van der Waals surface area contributed by atoms with Gasteiger partial charge in [0, 0.05) is 19.0 Å². The van der Waals surface area contributed by atoms with Gasteiger partial charge in [0.05, 0.1) is 17.4 Å². The molecule has 4 amide bonds. The maximum atomic E-state index is 12.6. The van der Waals surface area contributed by atoms with Crippen molar-refractivity contribution in [1.82, 2.24) is 25.5 Å². The fourth-order valence-electron chi connectivity index (χ4n) is 4.68. The molecule has 3 N–H and O–H groups in total. The average molecular weight is 431 g/mol. The van der Waals surface area contributed by atoms with Gasteiger partial charge < -0.3 is 15.2 Å². The molecule has 0 atom stereocenters. The number of urea groups is 1. The summed E-state index contributed by atoms with van der Waals surface area (Å²) in [5.41, 5.74) is 3.46. The van der Waals surface area contributed by atoms with Crippen molar-refractivity contribution < 1.29 is 14.4 Å². The monoisotopic (exact) mass is 431 g/mol. The van der Waals surface area contributed by atoms with E-state index < -0.39 is 11.6 Å². The van der Waals surface area contributed by atoms with Gasteiger partial charge in [-0.15, -0.1) is 0 Å². The van der Waals surface area contributed by atoms with Crippen LogP contribution < -0.4 is 16.0 Å². The minimum atomic E-state index is -0.829. The first kappa shape index (κ1) is 20.2. The summed E-state index contributed by atoms with van der Waals surface area (Å²) >= 11 is 0. The molecule has 1 saturated heterocycles. The van der Waals surface area contributed by atoms with Crippen LogP contribution in [0.5, 0.6) is 0 Å². The normalized spacial score (nSPS) is 22.7. The first-order valence-electron chi connectivity index (χ1n) is 10.9. The standard InChI is InChI=1S/C24H25N5O3/c30-21(18-9-11-24(12-10-18)22(31)27-23(32)28-24)25-13-16-5-7-17(8-6-16)14-29-15-26-19-3-1-2-4-20(19)29/h1-8,15,18H,9-14H2,(H,25,30)(H2,27,28,31,32). The molecular weight excluding hydrogens is 406 g/mol. The topological polar surface area (TPSA) is 105 Å². The molecule has 0 unspecified atom stereocenters. The van der Waals surface area contributed by atoms with Crippen LogP contribution in [-0.4, -0.2) is 32.9 Å². The summed E-state index contributed by atoms with van der Waals surface area (Å²) < 4.78 is 2.12. The number of carbonyl (C=O) groups excluding carboxylic acids is 3. The summed E-state index contributed by atoms with van der Waals surface area (Å²) in [5, 5.41) is 8.05. The van der Waals surface area contributed by atoms with E-state index in [2.05, 4.69) is 43.7 Å². The van der Waals surface area contributed by atoms with Crippen molar-refractivity contribution in [3.8, 4) is 0 Å². The molecule has 2 fully saturated rings. The fourth-order valence-corrected chi connectivity index (χ4v) is 4.68. The minimum Gasteiger partial charge on any atom is -0.352 e. The van der Waals surface area contributed by atoms with Crippen LogP contribution in [-0.2, 0) is 22.7 Å². The average Bonchev–Trinajstić information content (AvgIpc) is 3.33. The van der Waals surface area contributed by atoms with Crippen LogP contribution >= 0.6 is 0 Å². The number of aromatic nitrogens is 2. The Bertz CT molecular complexity index is 1180. The number of fused-ring (bicyclic) bond motifs is 1. The van der Waals surface area contributed by atoms with Crippen molar-refractivity contribution in [2.45, 2.75) is 44.3 Å². The molecule has 2 aliphatic rings. The quantitative estimate of drug-likeness (QED) is 0.540. The Morgan fingerprint density at radius 3 is 2.50 bits per heavy atom. The molecule has 1 aliphatic heterocycles. The van der Waals surface area contributed by atoms with Crippen LogP contribution in [0.25, 0.3) is 11.0 Å². The number of amides is 4. The van der Waals surface area contributed by atoms with E-state index in [4.69, 9.17) is 0 Å². The summed E-state index contributed by atoms with van der Waals surface area (Å²) in [7, 11) is 0. The Kier molecular flexibility index (Phi) is 5.13. The number of nitrogens with zero attached hydrogens (tertiary/aromatic N) is 2. The van der Waals surface area contributed by atoms with Gasteiger partial charge in [0.1, 0.15) is 5.54 Å². The lowest BCUT2D eigenvalue weighted by molar-refractivity contribution is -0.130. The Labute approximate surface area is 185 Å². The van der Waals surface area contributed by atoms with Crippen molar-refractivity contribution >= 4 is 28.9 Å². The molecule has 3 aromatic rings. The maximum Gasteiger partial charge on any atom is 0.322 e. The molecule has 164 valence electrons. The zero-order chi connectivity index (χ0) is 22.1. The number of imidazole rings is 1.